The molecular weight excluding hydrogens is 207 g/mol. The van der Waals surface area contributed by atoms with E-state index in [-0.39, 0.29) is 11.4 Å². The van der Waals surface area contributed by atoms with E-state index in [9.17, 15) is 9.18 Å². The first-order valence-electron chi connectivity index (χ1n) is 4.96. The van der Waals surface area contributed by atoms with Crippen molar-refractivity contribution in [3.63, 3.8) is 0 Å². The third-order valence-corrected chi connectivity index (χ3v) is 2.77. The summed E-state index contributed by atoms with van der Waals surface area (Å²) in [6.07, 6.45) is 0. The number of halogens is 1. The Morgan fingerprint density at radius 3 is 2.88 bits per heavy atom. The van der Waals surface area contributed by atoms with Crippen LogP contribution in [0.25, 0.3) is 21.8 Å². The van der Waals surface area contributed by atoms with E-state index in [1.54, 1.807) is 19.1 Å². The van der Waals surface area contributed by atoms with Gasteiger partial charge in [0.25, 0.3) is 0 Å². The van der Waals surface area contributed by atoms with Crippen molar-refractivity contribution in [1.29, 1.82) is 0 Å². The Labute approximate surface area is 89.9 Å². The van der Waals surface area contributed by atoms with Gasteiger partial charge in [0.2, 0.25) is 5.56 Å². The summed E-state index contributed by atoms with van der Waals surface area (Å²) in [5, 5.41) is 1.11. The number of aromatic nitrogens is 2. The molecule has 0 unspecified atom stereocenters. The molecule has 2 N–H and O–H groups in total. The minimum atomic E-state index is -0.311. The van der Waals surface area contributed by atoms with E-state index in [1.807, 2.05) is 0 Å². The summed E-state index contributed by atoms with van der Waals surface area (Å²) in [5.41, 5.74) is 1.99. The number of hydrogen-bond donors (Lipinski definition) is 2. The van der Waals surface area contributed by atoms with E-state index >= 15 is 0 Å². The van der Waals surface area contributed by atoms with Crippen molar-refractivity contribution in [3.8, 4) is 0 Å². The van der Waals surface area contributed by atoms with Gasteiger partial charge in [-0.2, -0.15) is 0 Å². The van der Waals surface area contributed by atoms with Gasteiger partial charge in [0.15, 0.2) is 0 Å². The van der Waals surface area contributed by atoms with Gasteiger partial charge < -0.3 is 9.97 Å². The van der Waals surface area contributed by atoms with Gasteiger partial charge in [0.1, 0.15) is 5.82 Å². The zero-order chi connectivity index (χ0) is 11.3. The number of nitrogens with one attached hydrogen (secondary N) is 2. The number of aromatic amines is 2. The first-order chi connectivity index (χ1) is 7.66. The first kappa shape index (κ1) is 9.15. The molecule has 0 atom stereocenters. The summed E-state index contributed by atoms with van der Waals surface area (Å²) >= 11 is 0. The largest absolute Gasteiger partial charge is 0.353 e. The molecule has 4 heteroatoms. The molecule has 0 saturated carbocycles. The Morgan fingerprint density at radius 2 is 2.06 bits per heavy atom. The van der Waals surface area contributed by atoms with Crippen LogP contribution in [0, 0.1) is 12.7 Å². The fraction of sp³-hybridized carbons (Fsp3) is 0.0833. The number of hydrogen-bond acceptors (Lipinski definition) is 1. The van der Waals surface area contributed by atoms with E-state index in [1.165, 1.54) is 12.1 Å². The number of pyridine rings is 1. The average Bonchev–Trinajstić information content (AvgIpc) is 2.58. The Hall–Kier alpha value is -2.10. The summed E-state index contributed by atoms with van der Waals surface area (Å²) in [7, 11) is 0. The summed E-state index contributed by atoms with van der Waals surface area (Å²) < 4.78 is 13.7. The quantitative estimate of drug-likeness (QED) is 0.595. The average molecular weight is 216 g/mol. The van der Waals surface area contributed by atoms with Gasteiger partial charge in [-0.3, -0.25) is 4.79 Å². The lowest BCUT2D eigenvalue weighted by Crippen LogP contribution is -2.04. The maximum atomic E-state index is 13.7. The molecule has 0 spiro atoms. The fourth-order valence-corrected chi connectivity index (χ4v) is 2.08. The number of rotatable bonds is 0. The van der Waals surface area contributed by atoms with Crippen LogP contribution in [0.2, 0.25) is 0 Å². The van der Waals surface area contributed by atoms with Crippen LogP contribution in [0.3, 0.4) is 0 Å². The van der Waals surface area contributed by atoms with Crippen molar-refractivity contribution in [1.82, 2.24) is 9.97 Å². The van der Waals surface area contributed by atoms with Gasteiger partial charge >= 0.3 is 0 Å². The van der Waals surface area contributed by atoms with E-state index < -0.39 is 0 Å². The second kappa shape index (κ2) is 2.95. The Bertz CT molecular complexity index is 755. The van der Waals surface area contributed by atoms with E-state index in [0.29, 0.717) is 16.3 Å². The standard InChI is InChI=1S/C12H9FN2O/c1-6-12-7(5-10(16)14-6)11-8(13)3-2-4-9(11)15-12/h2-5,15H,1H3,(H,14,16). The monoisotopic (exact) mass is 216 g/mol. The lowest BCUT2D eigenvalue weighted by Gasteiger charge is -1.95. The molecule has 0 amide bonds. The molecule has 3 aromatic rings. The van der Waals surface area contributed by atoms with Gasteiger partial charge in [0, 0.05) is 28.0 Å². The third-order valence-electron chi connectivity index (χ3n) is 2.77. The summed E-state index contributed by atoms with van der Waals surface area (Å²) in [6.45, 7) is 1.79. The molecule has 2 heterocycles. The predicted octanol–water partition coefficient (Wildman–Crippen LogP) is 2.46. The van der Waals surface area contributed by atoms with Crippen molar-refractivity contribution >= 4 is 21.8 Å². The van der Waals surface area contributed by atoms with Crippen molar-refractivity contribution in [2.75, 3.05) is 0 Å². The van der Waals surface area contributed by atoms with Crippen LogP contribution in [0.15, 0.2) is 29.1 Å². The molecule has 0 aliphatic carbocycles. The predicted molar refractivity (Wildman–Crippen MR) is 61.1 cm³/mol. The zero-order valence-electron chi connectivity index (χ0n) is 8.60. The van der Waals surface area contributed by atoms with Crippen molar-refractivity contribution in [3.05, 3.63) is 46.1 Å². The third kappa shape index (κ3) is 1.10. The van der Waals surface area contributed by atoms with Gasteiger partial charge in [0.05, 0.1) is 5.52 Å². The smallest absolute Gasteiger partial charge is 0.248 e. The molecule has 16 heavy (non-hydrogen) atoms. The van der Waals surface area contributed by atoms with Crippen LogP contribution in [0.4, 0.5) is 4.39 Å². The fourth-order valence-electron chi connectivity index (χ4n) is 2.08. The number of fused-ring (bicyclic) bond motifs is 3. The highest BCUT2D eigenvalue weighted by atomic mass is 19.1. The van der Waals surface area contributed by atoms with E-state index in [0.717, 1.165) is 11.2 Å². The lowest BCUT2D eigenvalue weighted by atomic mass is 10.1. The maximum Gasteiger partial charge on any atom is 0.248 e. The van der Waals surface area contributed by atoms with Crippen LogP contribution in [-0.4, -0.2) is 9.97 Å². The van der Waals surface area contributed by atoms with Crippen molar-refractivity contribution in [2.45, 2.75) is 6.92 Å². The molecule has 0 radical (unpaired) electrons. The molecule has 0 saturated heterocycles. The highest BCUT2D eigenvalue weighted by molar-refractivity contribution is 6.07. The van der Waals surface area contributed by atoms with Crippen LogP contribution < -0.4 is 5.56 Å². The van der Waals surface area contributed by atoms with E-state index in [2.05, 4.69) is 9.97 Å². The topological polar surface area (TPSA) is 48.6 Å². The molecule has 2 aromatic heterocycles. The first-order valence-corrected chi connectivity index (χ1v) is 4.96. The number of benzene rings is 1. The van der Waals surface area contributed by atoms with Crippen molar-refractivity contribution < 1.29 is 4.39 Å². The number of aryl methyl sites for hydroxylation is 1. The van der Waals surface area contributed by atoms with E-state index in [4.69, 9.17) is 0 Å². The molecule has 0 fully saturated rings. The molecule has 3 rings (SSSR count). The van der Waals surface area contributed by atoms with Crippen LogP contribution >= 0.6 is 0 Å². The summed E-state index contributed by atoms with van der Waals surface area (Å²) in [6, 6.07) is 6.25. The molecule has 0 bridgehead atoms. The molecule has 3 nitrogen and oxygen atoms in total. The van der Waals surface area contributed by atoms with Gasteiger partial charge in [-0.1, -0.05) is 6.07 Å². The maximum absolute atomic E-state index is 13.7. The highest BCUT2D eigenvalue weighted by Gasteiger charge is 2.10. The minimum absolute atomic E-state index is 0.214. The van der Waals surface area contributed by atoms with Crippen LogP contribution in [0.1, 0.15) is 5.69 Å². The Morgan fingerprint density at radius 1 is 1.25 bits per heavy atom. The lowest BCUT2D eigenvalue weighted by molar-refractivity contribution is 0.640. The Balaban J connectivity index is 2.68. The second-order valence-electron chi connectivity index (χ2n) is 3.83. The van der Waals surface area contributed by atoms with Gasteiger partial charge in [-0.05, 0) is 19.1 Å². The number of H-pyrrole nitrogens is 2. The summed E-state index contributed by atoms with van der Waals surface area (Å²) in [5.74, 6) is -0.311. The molecule has 80 valence electrons. The van der Waals surface area contributed by atoms with Gasteiger partial charge in [-0.25, -0.2) is 4.39 Å². The summed E-state index contributed by atoms with van der Waals surface area (Å²) in [4.78, 5) is 17.2. The normalized spacial score (nSPS) is 11.4. The molecular formula is C12H9FN2O. The highest BCUT2D eigenvalue weighted by Crippen LogP contribution is 2.27. The van der Waals surface area contributed by atoms with Gasteiger partial charge in [-0.15, -0.1) is 0 Å². The zero-order valence-corrected chi connectivity index (χ0v) is 8.60. The molecule has 0 aliphatic rings. The SMILES string of the molecule is Cc1[nH]c(=O)cc2c1[nH]c1cccc(F)c12. The molecule has 1 aromatic carbocycles. The Kier molecular flexibility index (Phi) is 1.68. The van der Waals surface area contributed by atoms with Crippen LogP contribution in [-0.2, 0) is 0 Å². The van der Waals surface area contributed by atoms with Crippen LogP contribution in [0.5, 0.6) is 0 Å². The second-order valence-corrected chi connectivity index (χ2v) is 3.83. The van der Waals surface area contributed by atoms with Crippen molar-refractivity contribution in [2.24, 2.45) is 0 Å². The molecule has 0 aliphatic heterocycles. The minimum Gasteiger partial charge on any atom is -0.353 e.